The van der Waals surface area contributed by atoms with Gasteiger partial charge in [0.25, 0.3) is 5.91 Å². The molecule has 0 aliphatic carbocycles. The lowest BCUT2D eigenvalue weighted by atomic mass is 10.2. The molecule has 0 aliphatic rings. The van der Waals surface area contributed by atoms with Crippen molar-refractivity contribution in [2.75, 3.05) is 25.1 Å². The van der Waals surface area contributed by atoms with Crippen LogP contribution in [0.1, 0.15) is 22.8 Å². The van der Waals surface area contributed by atoms with Gasteiger partial charge < -0.3 is 15.8 Å². The number of hydrogen-bond acceptors (Lipinski definition) is 6. The summed E-state index contributed by atoms with van der Waals surface area (Å²) in [6.07, 6.45) is -1.08. The first kappa shape index (κ1) is 21.4. The lowest BCUT2D eigenvalue weighted by Gasteiger charge is -2.17. The van der Waals surface area contributed by atoms with Gasteiger partial charge in [-0.2, -0.15) is 0 Å². The van der Waals surface area contributed by atoms with E-state index < -0.39 is 28.0 Å². The molecule has 2 rings (SSSR count). The molecule has 150 valence electrons. The molecule has 1 unspecified atom stereocenters. The Balaban J connectivity index is 2.13. The van der Waals surface area contributed by atoms with Crippen molar-refractivity contribution in [3.05, 3.63) is 53.6 Å². The van der Waals surface area contributed by atoms with E-state index >= 15 is 0 Å². The zero-order chi connectivity index (χ0) is 21.1. The van der Waals surface area contributed by atoms with Crippen molar-refractivity contribution in [1.82, 2.24) is 4.31 Å². The van der Waals surface area contributed by atoms with Gasteiger partial charge in [0.15, 0.2) is 6.10 Å². The Morgan fingerprint density at radius 1 is 1.11 bits per heavy atom. The largest absolute Gasteiger partial charge is 0.449 e. The quantitative estimate of drug-likeness (QED) is 0.561. The van der Waals surface area contributed by atoms with Gasteiger partial charge >= 0.3 is 5.97 Å². The molecule has 8 nitrogen and oxygen atoms in total. The summed E-state index contributed by atoms with van der Waals surface area (Å²) in [5.74, 6) is -1.24. The third-order valence-electron chi connectivity index (χ3n) is 4.04. The molecular weight excluding hydrogens is 382 g/mol. The number of ether oxygens (including phenoxy) is 1. The fraction of sp³-hybridized carbons (Fsp3) is 0.263. The number of nitrogens with zero attached hydrogens (tertiary/aromatic N) is 1. The highest BCUT2D eigenvalue weighted by Gasteiger charge is 2.22. The normalized spacial score (nSPS) is 12.5. The van der Waals surface area contributed by atoms with Crippen molar-refractivity contribution in [2.24, 2.45) is 0 Å². The number of nitrogen functional groups attached to an aromatic ring is 1. The zero-order valence-electron chi connectivity index (χ0n) is 16.1. The van der Waals surface area contributed by atoms with Crippen molar-refractivity contribution >= 4 is 33.3 Å². The van der Waals surface area contributed by atoms with Crippen LogP contribution in [0.2, 0.25) is 0 Å². The second kappa shape index (κ2) is 8.41. The minimum absolute atomic E-state index is 0.0462. The second-order valence-corrected chi connectivity index (χ2v) is 8.57. The number of anilines is 2. The summed E-state index contributed by atoms with van der Waals surface area (Å²) in [5, 5.41) is 2.61. The maximum absolute atomic E-state index is 12.4. The molecule has 0 spiro atoms. The third-order valence-corrected chi connectivity index (χ3v) is 5.86. The number of carbonyl (C=O) groups is 2. The fourth-order valence-electron chi connectivity index (χ4n) is 2.24. The number of esters is 1. The molecule has 0 radical (unpaired) electrons. The smallest absolute Gasteiger partial charge is 0.338 e. The summed E-state index contributed by atoms with van der Waals surface area (Å²) in [6, 6.07) is 10.5. The van der Waals surface area contributed by atoms with E-state index in [0.29, 0.717) is 16.9 Å². The lowest BCUT2D eigenvalue weighted by Crippen LogP contribution is -2.30. The van der Waals surface area contributed by atoms with E-state index in [9.17, 15) is 18.0 Å². The minimum Gasteiger partial charge on any atom is -0.449 e. The Morgan fingerprint density at radius 2 is 1.71 bits per heavy atom. The Morgan fingerprint density at radius 3 is 2.29 bits per heavy atom. The van der Waals surface area contributed by atoms with Crippen molar-refractivity contribution < 1.29 is 22.7 Å². The van der Waals surface area contributed by atoms with Crippen molar-refractivity contribution in [3.8, 4) is 0 Å². The summed E-state index contributed by atoms with van der Waals surface area (Å²) in [7, 11) is -0.799. The monoisotopic (exact) mass is 405 g/mol. The molecule has 0 fully saturated rings. The predicted molar refractivity (Wildman–Crippen MR) is 106 cm³/mol. The minimum atomic E-state index is -3.64. The fourth-order valence-corrected chi connectivity index (χ4v) is 3.17. The van der Waals surface area contributed by atoms with E-state index in [2.05, 4.69) is 5.32 Å². The number of carbonyl (C=O) groups excluding carboxylic acids is 2. The van der Waals surface area contributed by atoms with Crippen LogP contribution < -0.4 is 11.1 Å². The highest BCUT2D eigenvalue weighted by molar-refractivity contribution is 7.89. The molecular formula is C19H23N3O5S. The first-order valence-corrected chi connectivity index (χ1v) is 9.87. The highest BCUT2D eigenvalue weighted by atomic mass is 32.2. The summed E-state index contributed by atoms with van der Waals surface area (Å²) in [4.78, 5) is 24.6. The van der Waals surface area contributed by atoms with E-state index in [1.165, 1.54) is 45.3 Å². The van der Waals surface area contributed by atoms with Crippen LogP contribution in [-0.4, -0.2) is 44.8 Å². The van der Waals surface area contributed by atoms with Gasteiger partial charge in [0.2, 0.25) is 10.0 Å². The number of hydrogen-bond donors (Lipinski definition) is 2. The predicted octanol–water partition coefficient (Wildman–Crippen LogP) is 2.01. The van der Waals surface area contributed by atoms with E-state index in [4.69, 9.17) is 10.5 Å². The van der Waals surface area contributed by atoms with Crippen LogP contribution in [-0.2, 0) is 19.6 Å². The number of aryl methyl sites for hydroxylation is 1. The summed E-state index contributed by atoms with van der Waals surface area (Å²) >= 11 is 0. The molecule has 0 saturated carbocycles. The summed E-state index contributed by atoms with van der Waals surface area (Å²) in [5.41, 5.74) is 7.34. The topological polar surface area (TPSA) is 119 Å². The molecule has 28 heavy (non-hydrogen) atoms. The number of nitrogens with two attached hydrogens (primary N) is 1. The van der Waals surface area contributed by atoms with Crippen molar-refractivity contribution in [1.29, 1.82) is 0 Å². The van der Waals surface area contributed by atoms with Gasteiger partial charge in [-0.1, -0.05) is 6.07 Å². The Bertz CT molecular complexity index is 985. The van der Waals surface area contributed by atoms with Crippen LogP contribution in [0.3, 0.4) is 0 Å². The third kappa shape index (κ3) is 4.87. The summed E-state index contributed by atoms with van der Waals surface area (Å²) < 4.78 is 30.8. The maximum atomic E-state index is 12.4. The van der Waals surface area contributed by atoms with Crippen LogP contribution in [0.4, 0.5) is 11.4 Å². The van der Waals surface area contributed by atoms with Crippen molar-refractivity contribution in [2.45, 2.75) is 24.8 Å². The first-order chi connectivity index (χ1) is 13.0. The van der Waals surface area contributed by atoms with Crippen LogP contribution in [0.5, 0.6) is 0 Å². The standard InChI is InChI=1S/C19H23N3O5S/c1-12-5-10-16(28(25,26)22(3)4)11-17(12)21-18(23)13(2)27-19(24)14-6-8-15(20)9-7-14/h5-11,13H,20H2,1-4H3,(H,21,23). The molecule has 2 aromatic rings. The lowest BCUT2D eigenvalue weighted by molar-refractivity contribution is -0.123. The van der Waals surface area contributed by atoms with Gasteiger partial charge in [0, 0.05) is 25.5 Å². The molecule has 0 heterocycles. The molecule has 0 bridgehead atoms. The van der Waals surface area contributed by atoms with Crippen LogP contribution >= 0.6 is 0 Å². The Labute approximate surface area is 164 Å². The molecule has 9 heteroatoms. The SMILES string of the molecule is Cc1ccc(S(=O)(=O)N(C)C)cc1NC(=O)C(C)OC(=O)c1ccc(N)cc1. The molecule has 2 aromatic carbocycles. The molecule has 0 saturated heterocycles. The number of nitrogens with one attached hydrogen (secondary N) is 1. The van der Waals surface area contributed by atoms with Crippen LogP contribution in [0, 0.1) is 6.92 Å². The van der Waals surface area contributed by atoms with Gasteiger partial charge in [-0.25, -0.2) is 17.5 Å². The number of sulfonamides is 1. The molecule has 3 N–H and O–H groups in total. The second-order valence-electron chi connectivity index (χ2n) is 6.42. The maximum Gasteiger partial charge on any atom is 0.338 e. The molecule has 0 aliphatic heterocycles. The highest BCUT2D eigenvalue weighted by Crippen LogP contribution is 2.22. The summed E-state index contributed by atoms with van der Waals surface area (Å²) in [6.45, 7) is 3.16. The van der Waals surface area contributed by atoms with Gasteiger partial charge in [-0.15, -0.1) is 0 Å². The number of rotatable bonds is 6. The first-order valence-electron chi connectivity index (χ1n) is 8.43. The number of amides is 1. The van der Waals surface area contributed by atoms with E-state index in [1.807, 2.05) is 0 Å². The van der Waals surface area contributed by atoms with Crippen LogP contribution in [0.15, 0.2) is 47.4 Å². The molecule has 1 amide bonds. The Kier molecular flexibility index (Phi) is 6.42. The molecule has 1 atom stereocenters. The van der Waals surface area contributed by atoms with Gasteiger partial charge in [0.1, 0.15) is 0 Å². The van der Waals surface area contributed by atoms with E-state index in [0.717, 1.165) is 4.31 Å². The van der Waals surface area contributed by atoms with Crippen molar-refractivity contribution in [3.63, 3.8) is 0 Å². The van der Waals surface area contributed by atoms with E-state index in [1.54, 1.807) is 25.1 Å². The molecule has 0 aromatic heterocycles. The van der Waals surface area contributed by atoms with E-state index in [-0.39, 0.29) is 10.5 Å². The zero-order valence-corrected chi connectivity index (χ0v) is 16.9. The Hall–Kier alpha value is -2.91. The van der Waals surface area contributed by atoms with Crippen LogP contribution in [0.25, 0.3) is 0 Å². The van der Waals surface area contributed by atoms with Gasteiger partial charge in [-0.3, -0.25) is 4.79 Å². The average Bonchev–Trinajstić information content (AvgIpc) is 2.63. The number of benzene rings is 2. The van der Waals surface area contributed by atoms with Gasteiger partial charge in [-0.05, 0) is 55.8 Å². The van der Waals surface area contributed by atoms with Gasteiger partial charge in [0.05, 0.1) is 10.5 Å². The average molecular weight is 405 g/mol.